The molecule has 2 rings (SSSR count). The number of hydrogen-bond acceptors (Lipinski definition) is 3. The molecule has 2 aromatic carbocycles. The van der Waals surface area contributed by atoms with E-state index in [1.165, 1.54) is 0 Å². The van der Waals surface area contributed by atoms with Gasteiger partial charge in [0.05, 0.1) is 19.7 Å². The fraction of sp³-hybridized carbons (Fsp3) is 0.125. The maximum absolute atomic E-state index is 11.7. The van der Waals surface area contributed by atoms with Crippen LogP contribution in [0.25, 0.3) is 0 Å². The minimum Gasteiger partial charge on any atom is -0.497 e. The van der Waals surface area contributed by atoms with Crippen LogP contribution in [0.15, 0.2) is 59.7 Å². The zero-order valence-electron chi connectivity index (χ0n) is 11.2. The number of methoxy groups -OCH3 is 1. The van der Waals surface area contributed by atoms with E-state index in [-0.39, 0.29) is 12.3 Å². The highest BCUT2D eigenvalue weighted by Gasteiger charge is 2.02. The third-order valence-electron chi connectivity index (χ3n) is 2.73. The molecule has 0 saturated carbocycles. The number of rotatable bonds is 5. The van der Waals surface area contributed by atoms with Crippen molar-refractivity contribution in [2.24, 2.45) is 5.10 Å². The van der Waals surface area contributed by atoms with Gasteiger partial charge in [0.2, 0.25) is 5.91 Å². The Morgan fingerprint density at radius 3 is 2.50 bits per heavy atom. The van der Waals surface area contributed by atoms with Gasteiger partial charge in [-0.05, 0) is 23.3 Å². The summed E-state index contributed by atoms with van der Waals surface area (Å²) < 4.78 is 5.06. The second-order valence-corrected chi connectivity index (χ2v) is 4.23. The van der Waals surface area contributed by atoms with Crippen LogP contribution in [0.5, 0.6) is 5.75 Å². The van der Waals surface area contributed by atoms with Crippen molar-refractivity contribution in [3.8, 4) is 5.75 Å². The van der Waals surface area contributed by atoms with E-state index in [1.54, 1.807) is 13.3 Å². The predicted octanol–water partition coefficient (Wildman–Crippen LogP) is 2.39. The SMILES string of the molecule is COc1ccc(CC(=O)N/N=C/c2ccccc2)cc1. The number of hydrogen-bond donors (Lipinski definition) is 1. The highest BCUT2D eigenvalue weighted by Crippen LogP contribution is 2.11. The second kappa shape index (κ2) is 7.09. The van der Waals surface area contributed by atoms with E-state index in [1.807, 2.05) is 54.6 Å². The van der Waals surface area contributed by atoms with E-state index in [0.29, 0.717) is 0 Å². The molecular weight excluding hydrogens is 252 g/mol. The summed E-state index contributed by atoms with van der Waals surface area (Å²) in [6, 6.07) is 17.0. The van der Waals surface area contributed by atoms with E-state index in [4.69, 9.17) is 4.74 Å². The van der Waals surface area contributed by atoms with Crippen LogP contribution >= 0.6 is 0 Å². The molecule has 0 unspecified atom stereocenters. The number of carbonyl (C=O) groups excluding carboxylic acids is 1. The highest BCUT2D eigenvalue weighted by molar-refractivity contribution is 5.83. The van der Waals surface area contributed by atoms with Crippen LogP contribution in [-0.2, 0) is 11.2 Å². The molecule has 4 heteroatoms. The summed E-state index contributed by atoms with van der Waals surface area (Å²) in [6.45, 7) is 0. The summed E-state index contributed by atoms with van der Waals surface area (Å²) in [6.07, 6.45) is 1.90. The van der Waals surface area contributed by atoms with Crippen molar-refractivity contribution in [3.05, 3.63) is 65.7 Å². The molecule has 102 valence electrons. The Labute approximate surface area is 118 Å². The Balaban J connectivity index is 1.84. The summed E-state index contributed by atoms with van der Waals surface area (Å²) in [7, 11) is 1.61. The molecule has 0 saturated heterocycles. The Morgan fingerprint density at radius 1 is 1.15 bits per heavy atom. The largest absolute Gasteiger partial charge is 0.497 e. The number of hydrazone groups is 1. The van der Waals surface area contributed by atoms with E-state index < -0.39 is 0 Å². The van der Waals surface area contributed by atoms with Gasteiger partial charge in [0.25, 0.3) is 0 Å². The average Bonchev–Trinajstić information content (AvgIpc) is 2.49. The van der Waals surface area contributed by atoms with Crippen molar-refractivity contribution >= 4 is 12.1 Å². The van der Waals surface area contributed by atoms with Crippen molar-refractivity contribution in [1.29, 1.82) is 0 Å². The molecule has 20 heavy (non-hydrogen) atoms. The van der Waals surface area contributed by atoms with Crippen molar-refractivity contribution in [2.75, 3.05) is 7.11 Å². The Hall–Kier alpha value is -2.62. The molecule has 0 aliphatic carbocycles. The molecule has 4 nitrogen and oxygen atoms in total. The lowest BCUT2D eigenvalue weighted by atomic mass is 10.1. The summed E-state index contributed by atoms with van der Waals surface area (Å²) in [4.78, 5) is 11.7. The highest BCUT2D eigenvalue weighted by atomic mass is 16.5. The molecule has 0 aromatic heterocycles. The minimum absolute atomic E-state index is 0.151. The third-order valence-corrected chi connectivity index (χ3v) is 2.73. The standard InChI is InChI=1S/C16H16N2O2/c1-20-15-9-7-13(8-10-15)11-16(19)18-17-12-14-5-3-2-4-6-14/h2-10,12H,11H2,1H3,(H,18,19)/b17-12+. The number of nitrogens with one attached hydrogen (secondary N) is 1. The third kappa shape index (κ3) is 4.24. The van der Waals surface area contributed by atoms with Crippen molar-refractivity contribution < 1.29 is 9.53 Å². The number of benzene rings is 2. The molecule has 0 aliphatic rings. The lowest BCUT2D eigenvalue weighted by molar-refractivity contribution is -0.120. The molecule has 0 heterocycles. The maximum Gasteiger partial charge on any atom is 0.244 e. The quantitative estimate of drug-likeness (QED) is 0.668. The van der Waals surface area contributed by atoms with Crippen molar-refractivity contribution in [3.63, 3.8) is 0 Å². The van der Waals surface area contributed by atoms with E-state index >= 15 is 0 Å². The minimum atomic E-state index is -0.151. The van der Waals surface area contributed by atoms with Crippen LogP contribution in [0.2, 0.25) is 0 Å². The molecule has 0 radical (unpaired) electrons. The maximum atomic E-state index is 11.7. The molecule has 1 amide bonds. The van der Waals surface area contributed by atoms with Crippen LogP contribution in [0, 0.1) is 0 Å². The summed E-state index contributed by atoms with van der Waals surface area (Å²) in [5.74, 6) is 0.624. The Morgan fingerprint density at radius 2 is 1.85 bits per heavy atom. The molecule has 2 aromatic rings. The number of nitrogens with zero attached hydrogens (tertiary/aromatic N) is 1. The molecule has 0 atom stereocenters. The first-order valence-electron chi connectivity index (χ1n) is 6.28. The van der Waals surface area contributed by atoms with Gasteiger partial charge in [0.15, 0.2) is 0 Å². The first-order chi connectivity index (χ1) is 9.78. The molecule has 0 aliphatic heterocycles. The van der Waals surface area contributed by atoms with Crippen LogP contribution in [0.3, 0.4) is 0 Å². The van der Waals surface area contributed by atoms with E-state index in [0.717, 1.165) is 16.9 Å². The van der Waals surface area contributed by atoms with E-state index in [2.05, 4.69) is 10.5 Å². The lowest BCUT2D eigenvalue weighted by Gasteiger charge is -2.02. The fourth-order valence-corrected chi connectivity index (χ4v) is 1.69. The predicted molar refractivity (Wildman–Crippen MR) is 78.9 cm³/mol. The van der Waals surface area contributed by atoms with Gasteiger partial charge in [-0.15, -0.1) is 0 Å². The average molecular weight is 268 g/mol. The Kier molecular flexibility index (Phi) is 4.89. The fourth-order valence-electron chi connectivity index (χ4n) is 1.69. The van der Waals surface area contributed by atoms with Gasteiger partial charge in [-0.25, -0.2) is 5.43 Å². The van der Waals surface area contributed by atoms with Crippen LogP contribution in [0.4, 0.5) is 0 Å². The summed E-state index contributed by atoms with van der Waals surface area (Å²) in [5.41, 5.74) is 4.36. The van der Waals surface area contributed by atoms with Gasteiger partial charge in [-0.1, -0.05) is 42.5 Å². The summed E-state index contributed by atoms with van der Waals surface area (Å²) in [5, 5.41) is 3.92. The van der Waals surface area contributed by atoms with Gasteiger partial charge >= 0.3 is 0 Å². The van der Waals surface area contributed by atoms with Gasteiger partial charge in [0, 0.05) is 0 Å². The van der Waals surface area contributed by atoms with Crippen molar-refractivity contribution in [2.45, 2.75) is 6.42 Å². The molecular formula is C16H16N2O2. The van der Waals surface area contributed by atoms with Gasteiger partial charge < -0.3 is 4.74 Å². The topological polar surface area (TPSA) is 50.7 Å². The van der Waals surface area contributed by atoms with Gasteiger partial charge in [0.1, 0.15) is 5.75 Å². The van der Waals surface area contributed by atoms with E-state index in [9.17, 15) is 4.79 Å². The van der Waals surface area contributed by atoms with Crippen LogP contribution in [-0.4, -0.2) is 19.2 Å². The van der Waals surface area contributed by atoms with Gasteiger partial charge in [-0.3, -0.25) is 4.79 Å². The first kappa shape index (κ1) is 13.8. The number of carbonyl (C=O) groups is 1. The zero-order valence-corrected chi connectivity index (χ0v) is 11.2. The smallest absolute Gasteiger partial charge is 0.244 e. The Bertz CT molecular complexity index is 577. The van der Waals surface area contributed by atoms with Crippen LogP contribution in [0.1, 0.15) is 11.1 Å². The molecule has 0 bridgehead atoms. The summed E-state index contributed by atoms with van der Waals surface area (Å²) >= 11 is 0. The molecule has 0 spiro atoms. The molecule has 0 fully saturated rings. The number of amides is 1. The molecule has 1 N–H and O–H groups in total. The number of ether oxygens (including phenoxy) is 1. The second-order valence-electron chi connectivity index (χ2n) is 4.23. The zero-order chi connectivity index (χ0) is 14.2. The lowest BCUT2D eigenvalue weighted by Crippen LogP contribution is -2.19. The first-order valence-corrected chi connectivity index (χ1v) is 6.28. The van der Waals surface area contributed by atoms with Crippen LogP contribution < -0.4 is 10.2 Å². The van der Waals surface area contributed by atoms with Gasteiger partial charge in [-0.2, -0.15) is 5.10 Å². The normalized spacial score (nSPS) is 10.4. The monoisotopic (exact) mass is 268 g/mol. The van der Waals surface area contributed by atoms with Crippen molar-refractivity contribution in [1.82, 2.24) is 5.43 Å².